The Morgan fingerprint density at radius 1 is 1.35 bits per heavy atom. The third-order valence-electron chi connectivity index (χ3n) is 3.27. The first-order valence-electron chi connectivity index (χ1n) is 7.00. The lowest BCUT2D eigenvalue weighted by atomic mass is 10.0. The minimum Gasteiger partial charge on any atom is -0.451 e. The molecule has 20 heavy (non-hydrogen) atoms. The molecule has 1 aromatic heterocycles. The van der Waals surface area contributed by atoms with E-state index in [4.69, 9.17) is 10.2 Å². The molecule has 108 valence electrons. The predicted molar refractivity (Wildman–Crippen MR) is 80.7 cm³/mol. The van der Waals surface area contributed by atoms with Crippen molar-refractivity contribution < 1.29 is 9.21 Å². The van der Waals surface area contributed by atoms with E-state index in [9.17, 15) is 4.79 Å². The van der Waals surface area contributed by atoms with Gasteiger partial charge in [-0.15, -0.1) is 0 Å². The van der Waals surface area contributed by atoms with Crippen LogP contribution in [0, 0.1) is 12.8 Å². The largest absolute Gasteiger partial charge is 0.451 e. The molecule has 0 radical (unpaired) electrons. The van der Waals surface area contributed by atoms with Gasteiger partial charge in [-0.25, -0.2) is 0 Å². The highest BCUT2D eigenvalue weighted by molar-refractivity contribution is 5.96. The predicted octanol–water partition coefficient (Wildman–Crippen LogP) is 2.84. The van der Waals surface area contributed by atoms with Gasteiger partial charge < -0.3 is 15.5 Å². The SMILES string of the molecule is Cc1ccc2oc(C(=O)NC(CN)CC(C)C)cc2c1. The monoisotopic (exact) mass is 274 g/mol. The van der Waals surface area contributed by atoms with Crippen LogP contribution in [0.5, 0.6) is 0 Å². The van der Waals surface area contributed by atoms with Crippen LogP contribution < -0.4 is 11.1 Å². The van der Waals surface area contributed by atoms with E-state index in [0.717, 1.165) is 23.0 Å². The Kier molecular flexibility index (Phi) is 4.45. The van der Waals surface area contributed by atoms with Crippen molar-refractivity contribution >= 4 is 16.9 Å². The van der Waals surface area contributed by atoms with Crippen LogP contribution in [0.4, 0.5) is 0 Å². The third kappa shape index (κ3) is 3.39. The maximum absolute atomic E-state index is 12.2. The first-order chi connectivity index (χ1) is 9.49. The summed E-state index contributed by atoms with van der Waals surface area (Å²) in [5, 5.41) is 3.88. The topological polar surface area (TPSA) is 68.3 Å². The zero-order chi connectivity index (χ0) is 14.7. The summed E-state index contributed by atoms with van der Waals surface area (Å²) in [4.78, 5) is 12.2. The Labute approximate surface area is 119 Å². The number of fused-ring (bicyclic) bond motifs is 1. The molecule has 0 aliphatic carbocycles. The van der Waals surface area contributed by atoms with Crippen molar-refractivity contribution in [3.8, 4) is 0 Å². The molecule has 0 aliphatic rings. The van der Waals surface area contributed by atoms with Gasteiger partial charge in [-0.1, -0.05) is 25.5 Å². The van der Waals surface area contributed by atoms with Crippen LogP contribution in [0.1, 0.15) is 36.4 Å². The molecule has 0 saturated heterocycles. The van der Waals surface area contributed by atoms with Crippen molar-refractivity contribution in [2.24, 2.45) is 11.7 Å². The van der Waals surface area contributed by atoms with Gasteiger partial charge >= 0.3 is 0 Å². The van der Waals surface area contributed by atoms with Gasteiger partial charge in [0, 0.05) is 18.0 Å². The van der Waals surface area contributed by atoms with Crippen molar-refractivity contribution in [1.82, 2.24) is 5.32 Å². The molecule has 4 nitrogen and oxygen atoms in total. The summed E-state index contributed by atoms with van der Waals surface area (Å²) in [5.74, 6) is 0.630. The standard InChI is InChI=1S/C16H22N2O2/c1-10(2)6-13(9-17)18-16(19)15-8-12-7-11(3)4-5-14(12)20-15/h4-5,7-8,10,13H,6,9,17H2,1-3H3,(H,18,19). The third-order valence-corrected chi connectivity index (χ3v) is 3.27. The van der Waals surface area contributed by atoms with Crippen LogP contribution in [0.15, 0.2) is 28.7 Å². The van der Waals surface area contributed by atoms with Gasteiger partial charge in [0.05, 0.1) is 0 Å². The molecular formula is C16H22N2O2. The summed E-state index contributed by atoms with van der Waals surface area (Å²) in [6.45, 7) is 6.67. The van der Waals surface area contributed by atoms with Crippen LogP contribution in [0.3, 0.4) is 0 Å². The molecule has 1 unspecified atom stereocenters. The Morgan fingerprint density at radius 3 is 2.75 bits per heavy atom. The number of hydrogen-bond acceptors (Lipinski definition) is 3. The maximum Gasteiger partial charge on any atom is 0.287 e. The van der Waals surface area contributed by atoms with E-state index in [2.05, 4.69) is 19.2 Å². The van der Waals surface area contributed by atoms with E-state index in [1.165, 1.54) is 0 Å². The van der Waals surface area contributed by atoms with Crippen molar-refractivity contribution in [3.63, 3.8) is 0 Å². The molecule has 2 aromatic rings. The normalized spacial score (nSPS) is 12.8. The number of rotatable bonds is 5. The number of hydrogen-bond donors (Lipinski definition) is 2. The highest BCUT2D eigenvalue weighted by atomic mass is 16.3. The molecule has 2 rings (SSSR count). The van der Waals surface area contributed by atoms with Gasteiger partial charge in [-0.2, -0.15) is 0 Å². The summed E-state index contributed by atoms with van der Waals surface area (Å²) >= 11 is 0. The van der Waals surface area contributed by atoms with Crippen LogP contribution in [-0.4, -0.2) is 18.5 Å². The Balaban J connectivity index is 2.14. The van der Waals surface area contributed by atoms with Crippen molar-refractivity contribution in [3.05, 3.63) is 35.6 Å². The first kappa shape index (κ1) is 14.6. The van der Waals surface area contributed by atoms with Crippen LogP contribution in [0.25, 0.3) is 11.0 Å². The van der Waals surface area contributed by atoms with Crippen molar-refractivity contribution in [1.29, 1.82) is 0 Å². The fourth-order valence-electron chi connectivity index (χ4n) is 2.31. The van der Waals surface area contributed by atoms with Crippen molar-refractivity contribution in [2.75, 3.05) is 6.54 Å². The lowest BCUT2D eigenvalue weighted by molar-refractivity contribution is 0.0908. The van der Waals surface area contributed by atoms with E-state index in [1.54, 1.807) is 6.07 Å². The number of nitrogens with two attached hydrogens (primary N) is 1. The van der Waals surface area contributed by atoms with Gasteiger partial charge in [-0.3, -0.25) is 4.79 Å². The molecule has 3 N–H and O–H groups in total. The fourth-order valence-corrected chi connectivity index (χ4v) is 2.31. The quantitative estimate of drug-likeness (QED) is 0.881. The number of carbonyl (C=O) groups excluding carboxylic acids is 1. The average Bonchev–Trinajstić information content (AvgIpc) is 2.80. The van der Waals surface area contributed by atoms with Crippen LogP contribution >= 0.6 is 0 Å². The molecule has 1 heterocycles. The summed E-state index contributed by atoms with van der Waals surface area (Å²) in [6.07, 6.45) is 0.863. The lowest BCUT2D eigenvalue weighted by Crippen LogP contribution is -2.40. The number of aryl methyl sites for hydroxylation is 1. The maximum atomic E-state index is 12.2. The van der Waals surface area contributed by atoms with E-state index >= 15 is 0 Å². The van der Waals surface area contributed by atoms with E-state index in [-0.39, 0.29) is 11.9 Å². The zero-order valence-electron chi connectivity index (χ0n) is 12.3. The molecule has 1 amide bonds. The first-order valence-corrected chi connectivity index (χ1v) is 7.00. The number of nitrogens with one attached hydrogen (secondary N) is 1. The second-order valence-corrected chi connectivity index (χ2v) is 5.69. The lowest BCUT2D eigenvalue weighted by Gasteiger charge is -2.17. The zero-order valence-corrected chi connectivity index (χ0v) is 12.3. The highest BCUT2D eigenvalue weighted by Crippen LogP contribution is 2.20. The summed E-state index contributed by atoms with van der Waals surface area (Å²) in [7, 11) is 0. The average molecular weight is 274 g/mol. The molecule has 4 heteroatoms. The van der Waals surface area contributed by atoms with Gasteiger partial charge in [0.25, 0.3) is 5.91 Å². The van der Waals surface area contributed by atoms with E-state index in [1.807, 2.05) is 25.1 Å². The summed E-state index contributed by atoms with van der Waals surface area (Å²) < 4.78 is 5.58. The molecule has 0 bridgehead atoms. The van der Waals surface area contributed by atoms with Gasteiger partial charge in [-0.05, 0) is 37.5 Å². The van der Waals surface area contributed by atoms with E-state index in [0.29, 0.717) is 18.2 Å². The van der Waals surface area contributed by atoms with Gasteiger partial charge in [0.2, 0.25) is 0 Å². The van der Waals surface area contributed by atoms with E-state index < -0.39 is 0 Å². The summed E-state index contributed by atoms with van der Waals surface area (Å²) in [6, 6.07) is 7.62. The number of benzene rings is 1. The number of amides is 1. The fraction of sp³-hybridized carbons (Fsp3) is 0.438. The number of furan rings is 1. The number of carbonyl (C=O) groups is 1. The second-order valence-electron chi connectivity index (χ2n) is 5.69. The molecule has 0 fully saturated rings. The molecule has 0 aliphatic heterocycles. The Morgan fingerprint density at radius 2 is 2.10 bits per heavy atom. The van der Waals surface area contributed by atoms with Gasteiger partial charge in [0.15, 0.2) is 5.76 Å². The molecule has 1 atom stereocenters. The van der Waals surface area contributed by atoms with Crippen molar-refractivity contribution in [2.45, 2.75) is 33.2 Å². The summed E-state index contributed by atoms with van der Waals surface area (Å²) in [5.41, 5.74) is 7.57. The minimum absolute atomic E-state index is 0.0163. The van der Waals surface area contributed by atoms with Crippen LogP contribution in [0.2, 0.25) is 0 Å². The molecular weight excluding hydrogens is 252 g/mol. The molecule has 1 aromatic carbocycles. The minimum atomic E-state index is -0.199. The Hall–Kier alpha value is -1.81. The Bertz CT molecular complexity index is 602. The second kappa shape index (κ2) is 6.09. The van der Waals surface area contributed by atoms with Crippen LogP contribution in [-0.2, 0) is 0 Å². The molecule has 0 spiro atoms. The highest BCUT2D eigenvalue weighted by Gasteiger charge is 2.17. The van der Waals surface area contributed by atoms with Gasteiger partial charge in [0.1, 0.15) is 5.58 Å². The molecule has 0 saturated carbocycles. The smallest absolute Gasteiger partial charge is 0.287 e.